The first-order chi connectivity index (χ1) is 12.3. The fourth-order valence-corrected chi connectivity index (χ4v) is 4.23. The molecular formula is C22H27NO2. The van der Waals surface area contributed by atoms with Crippen LogP contribution in [0.5, 0.6) is 11.5 Å². The van der Waals surface area contributed by atoms with Crippen molar-refractivity contribution in [3.63, 3.8) is 0 Å². The van der Waals surface area contributed by atoms with E-state index in [1.165, 1.54) is 42.5 Å². The predicted molar refractivity (Wildman–Crippen MR) is 101 cm³/mol. The Morgan fingerprint density at radius 3 is 2.60 bits per heavy atom. The van der Waals surface area contributed by atoms with Gasteiger partial charge in [-0.1, -0.05) is 37.1 Å². The van der Waals surface area contributed by atoms with Gasteiger partial charge in [-0.15, -0.1) is 0 Å². The van der Waals surface area contributed by atoms with Crippen molar-refractivity contribution in [2.24, 2.45) is 5.92 Å². The molecule has 0 N–H and O–H groups in total. The van der Waals surface area contributed by atoms with Crippen molar-refractivity contribution in [3.8, 4) is 11.5 Å². The average molecular weight is 337 g/mol. The van der Waals surface area contributed by atoms with Crippen molar-refractivity contribution in [1.82, 2.24) is 0 Å². The van der Waals surface area contributed by atoms with Crippen molar-refractivity contribution in [2.75, 3.05) is 18.6 Å². The van der Waals surface area contributed by atoms with Crippen molar-refractivity contribution < 1.29 is 9.47 Å². The second-order valence-corrected chi connectivity index (χ2v) is 7.30. The summed E-state index contributed by atoms with van der Waals surface area (Å²) >= 11 is 0. The molecule has 1 aliphatic heterocycles. The van der Waals surface area contributed by atoms with Crippen LogP contribution in [0.2, 0.25) is 0 Å². The van der Waals surface area contributed by atoms with Crippen LogP contribution in [0.25, 0.3) is 0 Å². The fraction of sp³-hybridized carbons (Fsp3) is 0.455. The molecule has 0 amide bonds. The number of benzene rings is 2. The summed E-state index contributed by atoms with van der Waals surface area (Å²) in [5.41, 5.74) is 4.04. The van der Waals surface area contributed by atoms with E-state index in [9.17, 15) is 0 Å². The molecule has 1 unspecified atom stereocenters. The van der Waals surface area contributed by atoms with Crippen LogP contribution in [-0.2, 0) is 6.54 Å². The fourth-order valence-electron chi connectivity index (χ4n) is 4.23. The van der Waals surface area contributed by atoms with E-state index in [4.69, 9.17) is 9.47 Å². The lowest BCUT2D eigenvalue weighted by Gasteiger charge is -2.25. The lowest BCUT2D eigenvalue weighted by atomic mass is 10.1. The van der Waals surface area contributed by atoms with Gasteiger partial charge in [0.15, 0.2) is 11.5 Å². The van der Waals surface area contributed by atoms with Crippen LogP contribution in [0.15, 0.2) is 42.5 Å². The van der Waals surface area contributed by atoms with E-state index in [2.05, 4.69) is 48.2 Å². The molecule has 2 aliphatic rings. The summed E-state index contributed by atoms with van der Waals surface area (Å²) < 4.78 is 11.7. The van der Waals surface area contributed by atoms with Crippen LogP contribution in [0.4, 0.5) is 5.69 Å². The Morgan fingerprint density at radius 2 is 1.84 bits per heavy atom. The van der Waals surface area contributed by atoms with Gasteiger partial charge in [0.05, 0.1) is 19.8 Å². The molecule has 2 aromatic carbocycles. The minimum absolute atomic E-state index is 0.382. The highest BCUT2D eigenvalue weighted by Crippen LogP contribution is 2.40. The van der Waals surface area contributed by atoms with E-state index in [1.54, 1.807) is 7.11 Å². The maximum Gasteiger partial charge on any atom is 0.163 e. The Labute approximate surface area is 150 Å². The molecule has 0 saturated heterocycles. The van der Waals surface area contributed by atoms with Gasteiger partial charge < -0.3 is 14.4 Å². The van der Waals surface area contributed by atoms with Crippen molar-refractivity contribution >= 4 is 5.69 Å². The number of nitrogens with zero attached hydrogens (tertiary/aromatic N) is 1. The third kappa shape index (κ3) is 3.20. The van der Waals surface area contributed by atoms with Crippen LogP contribution in [0.3, 0.4) is 0 Å². The molecule has 4 rings (SSSR count). The van der Waals surface area contributed by atoms with Crippen molar-refractivity contribution in [1.29, 1.82) is 0 Å². The van der Waals surface area contributed by atoms with Gasteiger partial charge >= 0.3 is 0 Å². The van der Waals surface area contributed by atoms with Crippen LogP contribution in [-0.4, -0.2) is 13.7 Å². The van der Waals surface area contributed by atoms with Crippen LogP contribution in [0.1, 0.15) is 49.8 Å². The van der Waals surface area contributed by atoms with Crippen molar-refractivity contribution in [2.45, 2.75) is 45.2 Å². The number of fused-ring (bicyclic) bond motifs is 1. The number of anilines is 1. The summed E-state index contributed by atoms with van der Waals surface area (Å²) in [7, 11) is 1.71. The normalized spacial score (nSPS) is 19.9. The van der Waals surface area contributed by atoms with Gasteiger partial charge in [-0.3, -0.25) is 0 Å². The predicted octanol–water partition coefficient (Wildman–Crippen LogP) is 5.35. The summed E-state index contributed by atoms with van der Waals surface area (Å²) in [6.07, 6.45) is 5.27. The molecule has 3 heteroatoms. The van der Waals surface area contributed by atoms with Crippen LogP contribution in [0, 0.1) is 5.92 Å². The Bertz CT molecular complexity index is 737. The first kappa shape index (κ1) is 16.3. The minimum Gasteiger partial charge on any atom is -0.493 e. The molecule has 1 saturated carbocycles. The third-order valence-corrected chi connectivity index (χ3v) is 5.74. The Morgan fingerprint density at radius 1 is 1.04 bits per heavy atom. The molecule has 2 aromatic rings. The zero-order valence-corrected chi connectivity index (χ0v) is 15.2. The molecule has 0 bridgehead atoms. The zero-order valence-electron chi connectivity index (χ0n) is 15.2. The summed E-state index contributed by atoms with van der Waals surface area (Å²) in [4.78, 5) is 2.44. The summed E-state index contributed by atoms with van der Waals surface area (Å²) in [6, 6.07) is 15.4. The maximum atomic E-state index is 6.17. The smallest absolute Gasteiger partial charge is 0.163 e. The molecule has 0 radical (unpaired) electrons. The summed E-state index contributed by atoms with van der Waals surface area (Å²) in [5.74, 6) is 2.39. The van der Waals surface area contributed by atoms with Gasteiger partial charge in [0, 0.05) is 18.3 Å². The van der Waals surface area contributed by atoms with Gasteiger partial charge in [0.25, 0.3) is 0 Å². The third-order valence-electron chi connectivity index (χ3n) is 5.74. The highest BCUT2D eigenvalue weighted by Gasteiger charge is 2.27. The maximum absolute atomic E-state index is 6.17. The summed E-state index contributed by atoms with van der Waals surface area (Å²) in [5, 5.41) is 0. The number of hydrogen-bond acceptors (Lipinski definition) is 3. The number of rotatable bonds is 5. The lowest BCUT2D eigenvalue weighted by Crippen LogP contribution is -2.19. The second kappa shape index (κ2) is 6.99. The van der Waals surface area contributed by atoms with Gasteiger partial charge in [0.2, 0.25) is 0 Å². The molecule has 1 heterocycles. The molecule has 132 valence electrons. The highest BCUT2D eigenvalue weighted by atomic mass is 16.5. The quantitative estimate of drug-likeness (QED) is 0.734. The molecule has 1 fully saturated rings. The summed E-state index contributed by atoms with van der Waals surface area (Å²) in [6.45, 7) is 4.02. The standard InChI is InChI=1S/C22H27NO2/c1-16-20-10-6-5-9-18(20)14-23(16)19-11-12-21(24-2)22(13-19)25-15-17-7-3-4-8-17/h5-6,9-13,16-17H,3-4,7-8,14-15H2,1-2H3. The molecular weight excluding hydrogens is 310 g/mol. The first-order valence-electron chi connectivity index (χ1n) is 9.41. The molecule has 0 spiro atoms. The minimum atomic E-state index is 0.382. The largest absolute Gasteiger partial charge is 0.493 e. The van der Waals surface area contributed by atoms with Crippen LogP contribution >= 0.6 is 0 Å². The molecule has 0 aromatic heterocycles. The molecule has 3 nitrogen and oxygen atoms in total. The van der Waals surface area contributed by atoms with E-state index in [1.807, 2.05) is 6.07 Å². The number of hydrogen-bond donors (Lipinski definition) is 0. The second-order valence-electron chi connectivity index (χ2n) is 7.30. The highest BCUT2D eigenvalue weighted by molar-refractivity contribution is 5.60. The van der Waals surface area contributed by atoms with E-state index in [0.717, 1.165) is 24.7 Å². The number of methoxy groups -OCH3 is 1. The lowest BCUT2D eigenvalue weighted by molar-refractivity contribution is 0.241. The Hall–Kier alpha value is -2.16. The van der Waals surface area contributed by atoms with E-state index in [-0.39, 0.29) is 0 Å². The van der Waals surface area contributed by atoms with Gasteiger partial charge in [-0.25, -0.2) is 0 Å². The molecule has 1 aliphatic carbocycles. The number of ether oxygens (including phenoxy) is 2. The van der Waals surface area contributed by atoms with Gasteiger partial charge in [-0.2, -0.15) is 0 Å². The average Bonchev–Trinajstić information content (AvgIpc) is 3.28. The monoisotopic (exact) mass is 337 g/mol. The van der Waals surface area contributed by atoms with Crippen molar-refractivity contribution in [3.05, 3.63) is 53.6 Å². The first-order valence-corrected chi connectivity index (χ1v) is 9.41. The molecule has 1 atom stereocenters. The SMILES string of the molecule is COc1ccc(N2Cc3ccccc3C2C)cc1OCC1CCCC1. The van der Waals surface area contributed by atoms with E-state index >= 15 is 0 Å². The van der Waals surface area contributed by atoms with Crippen LogP contribution < -0.4 is 14.4 Å². The zero-order chi connectivity index (χ0) is 17.2. The topological polar surface area (TPSA) is 21.7 Å². The van der Waals surface area contributed by atoms with E-state index in [0.29, 0.717) is 12.0 Å². The van der Waals surface area contributed by atoms with Gasteiger partial charge in [0.1, 0.15) is 0 Å². The van der Waals surface area contributed by atoms with Gasteiger partial charge in [-0.05, 0) is 48.9 Å². The Kier molecular flexibility index (Phi) is 4.56. The molecule has 25 heavy (non-hydrogen) atoms. The van der Waals surface area contributed by atoms with E-state index < -0.39 is 0 Å². The Balaban J connectivity index is 1.55.